The third kappa shape index (κ3) is 7.12. The molecule has 11 nitrogen and oxygen atoms in total. The van der Waals surface area contributed by atoms with E-state index in [9.17, 15) is 29.4 Å². The van der Waals surface area contributed by atoms with Gasteiger partial charge in [0, 0.05) is 18.2 Å². The summed E-state index contributed by atoms with van der Waals surface area (Å²) in [6.45, 7) is 3.70. The Morgan fingerprint density at radius 3 is 2.22 bits per heavy atom. The number of carbonyl (C=O) groups excluding carboxylic acids is 1. The molecule has 11 heteroatoms. The Kier molecular flexibility index (Phi) is 8.82. The first kappa shape index (κ1) is 24.9. The van der Waals surface area contributed by atoms with Crippen molar-refractivity contribution < 1.29 is 44.0 Å². The molecule has 0 fully saturated rings. The lowest BCUT2D eigenvalue weighted by atomic mass is 10.00. The van der Waals surface area contributed by atoms with Gasteiger partial charge in [0.25, 0.3) is 0 Å². The van der Waals surface area contributed by atoms with Crippen molar-refractivity contribution in [3.8, 4) is 11.5 Å². The summed E-state index contributed by atoms with van der Waals surface area (Å²) in [5.74, 6) is -3.53. The van der Waals surface area contributed by atoms with Gasteiger partial charge in [-0.2, -0.15) is 0 Å². The van der Waals surface area contributed by atoms with Crippen molar-refractivity contribution in [3.05, 3.63) is 18.2 Å². The minimum atomic E-state index is -1.29. The van der Waals surface area contributed by atoms with Crippen molar-refractivity contribution in [3.63, 3.8) is 0 Å². The fourth-order valence-electron chi connectivity index (χ4n) is 3.32. The molecule has 1 aromatic carbocycles. The summed E-state index contributed by atoms with van der Waals surface area (Å²) in [4.78, 5) is 48.4. The van der Waals surface area contributed by atoms with Gasteiger partial charge >= 0.3 is 17.9 Å². The quantitative estimate of drug-likeness (QED) is 0.362. The van der Waals surface area contributed by atoms with Gasteiger partial charge in [0.2, 0.25) is 5.91 Å². The smallest absolute Gasteiger partial charge is 0.323 e. The molecule has 0 radical (unpaired) electrons. The van der Waals surface area contributed by atoms with E-state index in [1.165, 1.54) is 12.1 Å². The number of aliphatic carboxylic acids is 3. The van der Waals surface area contributed by atoms with Gasteiger partial charge in [-0.1, -0.05) is 13.8 Å². The first-order valence-corrected chi connectivity index (χ1v) is 10.2. The standard InChI is InChI=1S/C21H28N2O9/c1-12(2)9-15(22-14(21(29)30)4-6-18(24)25)20(28)23(11-19(26)27)13-3-5-16-17(10-13)32-8-7-31-16/h3,5,10,12,14-15,22H,4,6-9,11H2,1-2H3,(H,24,25)(H,26,27)(H,29,30)/t14?,15-/m0/s1. The topological polar surface area (TPSA) is 163 Å². The number of ether oxygens (including phenoxy) is 2. The average molecular weight is 452 g/mol. The SMILES string of the molecule is CC(C)C[C@H](NC(CCC(=O)O)C(=O)O)C(=O)N(CC(=O)O)c1ccc2c(c1)OCCO2. The molecular weight excluding hydrogens is 424 g/mol. The second-order valence-corrected chi connectivity index (χ2v) is 7.82. The van der Waals surface area contributed by atoms with Crippen molar-refractivity contribution in [2.24, 2.45) is 5.92 Å². The van der Waals surface area contributed by atoms with Gasteiger partial charge in [0.15, 0.2) is 11.5 Å². The summed E-state index contributed by atoms with van der Waals surface area (Å²) in [6, 6.07) is 2.27. The lowest BCUT2D eigenvalue weighted by Crippen LogP contribution is -2.53. The summed E-state index contributed by atoms with van der Waals surface area (Å²) in [5.41, 5.74) is 0.259. The molecule has 0 spiro atoms. The fourth-order valence-corrected chi connectivity index (χ4v) is 3.32. The maximum absolute atomic E-state index is 13.4. The van der Waals surface area contributed by atoms with Crippen molar-refractivity contribution in [2.45, 2.75) is 45.2 Å². The zero-order valence-corrected chi connectivity index (χ0v) is 17.9. The van der Waals surface area contributed by atoms with Crippen LogP contribution in [0.4, 0.5) is 5.69 Å². The zero-order chi connectivity index (χ0) is 23.8. The third-order valence-electron chi connectivity index (χ3n) is 4.75. The molecule has 2 atom stereocenters. The maximum Gasteiger partial charge on any atom is 0.323 e. The molecule has 1 aliphatic rings. The van der Waals surface area contributed by atoms with E-state index in [4.69, 9.17) is 14.6 Å². The van der Waals surface area contributed by atoms with E-state index >= 15 is 0 Å². The number of benzene rings is 1. The highest BCUT2D eigenvalue weighted by molar-refractivity contribution is 6.01. The summed E-state index contributed by atoms with van der Waals surface area (Å²) in [5, 5.41) is 30.5. The van der Waals surface area contributed by atoms with Crippen LogP contribution in [-0.2, 0) is 19.2 Å². The molecular formula is C21H28N2O9. The molecule has 1 aromatic rings. The molecule has 2 rings (SSSR count). The number of carbonyl (C=O) groups is 4. The van der Waals surface area contributed by atoms with Gasteiger partial charge in [-0.05, 0) is 30.9 Å². The first-order valence-electron chi connectivity index (χ1n) is 10.2. The monoisotopic (exact) mass is 452 g/mol. The molecule has 0 aromatic heterocycles. The van der Waals surface area contributed by atoms with Gasteiger partial charge in [0.1, 0.15) is 25.8 Å². The molecule has 0 aliphatic carbocycles. The lowest BCUT2D eigenvalue weighted by Gasteiger charge is -2.30. The van der Waals surface area contributed by atoms with Crippen LogP contribution >= 0.6 is 0 Å². The Bertz CT molecular complexity index is 856. The van der Waals surface area contributed by atoms with Crippen LogP contribution in [0.3, 0.4) is 0 Å². The van der Waals surface area contributed by atoms with E-state index in [-0.39, 0.29) is 24.4 Å². The maximum atomic E-state index is 13.4. The number of amides is 1. The first-order chi connectivity index (χ1) is 15.1. The van der Waals surface area contributed by atoms with Gasteiger partial charge in [-0.3, -0.25) is 29.4 Å². The Balaban J connectivity index is 2.34. The van der Waals surface area contributed by atoms with E-state index < -0.39 is 48.9 Å². The number of fused-ring (bicyclic) bond motifs is 1. The summed E-state index contributed by atoms with van der Waals surface area (Å²) < 4.78 is 11.0. The summed E-state index contributed by atoms with van der Waals surface area (Å²) in [6.07, 6.45) is -0.403. The molecule has 1 unspecified atom stereocenters. The highest BCUT2D eigenvalue weighted by atomic mass is 16.6. The van der Waals surface area contributed by atoms with Crippen LogP contribution in [0.5, 0.6) is 11.5 Å². The van der Waals surface area contributed by atoms with Crippen molar-refractivity contribution in [1.29, 1.82) is 0 Å². The van der Waals surface area contributed by atoms with Gasteiger partial charge < -0.3 is 24.8 Å². The van der Waals surface area contributed by atoms with Gasteiger partial charge in [-0.25, -0.2) is 0 Å². The summed E-state index contributed by atoms with van der Waals surface area (Å²) >= 11 is 0. The number of nitrogens with zero attached hydrogens (tertiary/aromatic N) is 1. The minimum absolute atomic E-state index is 0.0303. The molecule has 0 bridgehead atoms. The van der Waals surface area contributed by atoms with Crippen LogP contribution in [0.1, 0.15) is 33.1 Å². The van der Waals surface area contributed by atoms with Crippen molar-refractivity contribution >= 4 is 29.5 Å². The van der Waals surface area contributed by atoms with E-state index in [0.29, 0.717) is 24.7 Å². The van der Waals surface area contributed by atoms with Crippen LogP contribution in [-0.4, -0.2) is 71.0 Å². The zero-order valence-electron chi connectivity index (χ0n) is 17.9. The molecule has 4 N–H and O–H groups in total. The predicted molar refractivity (Wildman–Crippen MR) is 112 cm³/mol. The molecule has 176 valence electrons. The number of nitrogens with one attached hydrogen (secondary N) is 1. The second kappa shape index (κ2) is 11.3. The van der Waals surface area contributed by atoms with Crippen LogP contribution in [0.25, 0.3) is 0 Å². The predicted octanol–water partition coefficient (Wildman–Crippen LogP) is 1.20. The molecule has 0 saturated carbocycles. The van der Waals surface area contributed by atoms with E-state index in [1.807, 2.05) is 13.8 Å². The second-order valence-electron chi connectivity index (χ2n) is 7.82. The Morgan fingerprint density at radius 2 is 1.66 bits per heavy atom. The molecule has 1 amide bonds. The van der Waals surface area contributed by atoms with Gasteiger partial charge in [-0.15, -0.1) is 0 Å². The van der Waals surface area contributed by atoms with Crippen LogP contribution in [0, 0.1) is 5.92 Å². The normalized spacial score (nSPS) is 14.5. The van der Waals surface area contributed by atoms with E-state index in [2.05, 4.69) is 5.32 Å². The molecule has 1 heterocycles. The fraction of sp³-hybridized carbons (Fsp3) is 0.524. The number of carboxylic acid groups (broad SMARTS) is 3. The molecule has 32 heavy (non-hydrogen) atoms. The Hall–Kier alpha value is -3.34. The van der Waals surface area contributed by atoms with Crippen molar-refractivity contribution in [1.82, 2.24) is 5.32 Å². The van der Waals surface area contributed by atoms with E-state index in [1.54, 1.807) is 6.07 Å². The third-order valence-corrected chi connectivity index (χ3v) is 4.75. The lowest BCUT2D eigenvalue weighted by molar-refractivity contribution is -0.141. The Labute approximate surface area is 184 Å². The van der Waals surface area contributed by atoms with Crippen LogP contribution < -0.4 is 19.7 Å². The molecule has 0 saturated heterocycles. The minimum Gasteiger partial charge on any atom is -0.486 e. The number of hydrogen-bond acceptors (Lipinski definition) is 7. The van der Waals surface area contributed by atoms with Crippen LogP contribution in [0.2, 0.25) is 0 Å². The highest BCUT2D eigenvalue weighted by Crippen LogP contribution is 2.34. The molecule has 1 aliphatic heterocycles. The average Bonchev–Trinajstić information content (AvgIpc) is 2.72. The number of anilines is 1. The van der Waals surface area contributed by atoms with Gasteiger partial charge in [0.05, 0.1) is 6.04 Å². The largest absolute Gasteiger partial charge is 0.486 e. The highest BCUT2D eigenvalue weighted by Gasteiger charge is 2.32. The Morgan fingerprint density at radius 1 is 1.00 bits per heavy atom. The van der Waals surface area contributed by atoms with Crippen LogP contribution in [0.15, 0.2) is 18.2 Å². The summed E-state index contributed by atoms with van der Waals surface area (Å²) in [7, 11) is 0. The van der Waals surface area contributed by atoms with E-state index in [0.717, 1.165) is 4.90 Å². The van der Waals surface area contributed by atoms with Crippen molar-refractivity contribution in [2.75, 3.05) is 24.7 Å². The number of hydrogen-bond donors (Lipinski definition) is 4. The number of carboxylic acids is 3. The number of rotatable bonds is 12.